The minimum Gasteiger partial charge on any atom is -0.494 e. The molecule has 0 aliphatic heterocycles. The molecule has 1 heterocycles. The number of hydrogen-bond donors (Lipinski definition) is 2. The number of rotatable bonds is 13. The number of para-hydroxylation sites is 1. The van der Waals surface area contributed by atoms with Crippen LogP contribution in [0.25, 0.3) is 10.9 Å². The van der Waals surface area contributed by atoms with Crippen molar-refractivity contribution in [3.05, 3.63) is 48.0 Å². The van der Waals surface area contributed by atoms with E-state index in [-0.39, 0.29) is 0 Å². The Kier molecular flexibility index (Phi) is 9.83. The summed E-state index contributed by atoms with van der Waals surface area (Å²) in [6, 6.07) is 14.8. The van der Waals surface area contributed by atoms with Crippen molar-refractivity contribution in [2.75, 3.05) is 44.1 Å². The van der Waals surface area contributed by atoms with Crippen molar-refractivity contribution in [3.8, 4) is 11.5 Å². The molecule has 1 aromatic heterocycles. The molecule has 0 radical (unpaired) electrons. The van der Waals surface area contributed by atoms with Crippen LogP contribution in [-0.2, 0) is 6.54 Å². The first-order chi connectivity index (χ1) is 18.1. The number of nitrogens with one attached hydrogen (secondary N) is 2. The third-order valence-electron chi connectivity index (χ3n) is 6.90. The predicted octanol–water partition coefficient (Wildman–Crippen LogP) is 6.03. The fourth-order valence-corrected chi connectivity index (χ4v) is 4.93. The van der Waals surface area contributed by atoms with Crippen molar-refractivity contribution < 1.29 is 9.47 Å². The maximum absolute atomic E-state index is 5.99. The Hall–Kier alpha value is -3.06. The van der Waals surface area contributed by atoms with Gasteiger partial charge in [-0.1, -0.05) is 26.0 Å². The van der Waals surface area contributed by atoms with E-state index in [0.717, 1.165) is 86.2 Å². The molecule has 4 rings (SSSR count). The molecule has 0 unspecified atom stereocenters. The first-order valence-electron chi connectivity index (χ1n) is 13.9. The summed E-state index contributed by atoms with van der Waals surface area (Å²) in [6.45, 7) is 7.53. The van der Waals surface area contributed by atoms with E-state index in [4.69, 9.17) is 19.4 Å². The number of ether oxygens (including phenoxy) is 2. The van der Waals surface area contributed by atoms with Gasteiger partial charge in [-0.3, -0.25) is 0 Å². The second-order valence-electron chi connectivity index (χ2n) is 10.2. The van der Waals surface area contributed by atoms with Gasteiger partial charge in [-0.2, -0.15) is 4.98 Å². The topological polar surface area (TPSA) is 71.5 Å². The van der Waals surface area contributed by atoms with Gasteiger partial charge in [-0.25, -0.2) is 4.98 Å². The van der Waals surface area contributed by atoms with Crippen molar-refractivity contribution in [2.24, 2.45) is 5.92 Å². The highest BCUT2D eigenvalue weighted by atomic mass is 16.5. The van der Waals surface area contributed by atoms with Crippen LogP contribution >= 0.6 is 0 Å². The van der Waals surface area contributed by atoms with E-state index < -0.39 is 0 Å². The minimum absolute atomic E-state index is 0.411. The molecule has 0 amide bonds. The molecular weight excluding hydrogens is 462 g/mol. The van der Waals surface area contributed by atoms with E-state index in [1.807, 2.05) is 38.4 Å². The summed E-state index contributed by atoms with van der Waals surface area (Å²) in [5, 5.41) is 8.39. The summed E-state index contributed by atoms with van der Waals surface area (Å²) in [5.74, 6) is 4.24. The largest absolute Gasteiger partial charge is 0.494 e. The Morgan fingerprint density at radius 2 is 1.68 bits per heavy atom. The number of nitrogens with zero attached hydrogens (tertiary/aromatic N) is 3. The molecule has 37 heavy (non-hydrogen) atoms. The molecule has 2 aromatic carbocycles. The van der Waals surface area contributed by atoms with Gasteiger partial charge in [0.25, 0.3) is 0 Å². The summed E-state index contributed by atoms with van der Waals surface area (Å²) in [5.41, 5.74) is 2.15. The summed E-state index contributed by atoms with van der Waals surface area (Å²) < 4.78 is 11.8. The molecule has 1 aliphatic rings. The van der Waals surface area contributed by atoms with Gasteiger partial charge in [0, 0.05) is 37.6 Å². The van der Waals surface area contributed by atoms with Gasteiger partial charge in [0.15, 0.2) is 0 Å². The number of aromatic nitrogens is 2. The van der Waals surface area contributed by atoms with Crippen LogP contribution in [0.4, 0.5) is 11.8 Å². The predicted molar refractivity (Wildman–Crippen MR) is 153 cm³/mol. The monoisotopic (exact) mass is 505 g/mol. The van der Waals surface area contributed by atoms with Gasteiger partial charge < -0.3 is 25.0 Å². The zero-order valence-corrected chi connectivity index (χ0v) is 22.9. The lowest BCUT2D eigenvalue weighted by atomic mass is 9.86. The Balaban J connectivity index is 1.28. The average Bonchev–Trinajstić information content (AvgIpc) is 2.91. The Morgan fingerprint density at radius 1 is 0.919 bits per heavy atom. The summed E-state index contributed by atoms with van der Waals surface area (Å²) in [7, 11) is 4.06. The van der Waals surface area contributed by atoms with Crippen LogP contribution in [0.3, 0.4) is 0 Å². The van der Waals surface area contributed by atoms with Crippen LogP contribution in [0.1, 0.15) is 57.9 Å². The molecule has 200 valence electrons. The number of anilines is 2. The summed E-state index contributed by atoms with van der Waals surface area (Å²) in [6.07, 6.45) is 6.65. The maximum Gasteiger partial charge on any atom is 0.225 e. The van der Waals surface area contributed by atoms with Crippen LogP contribution in [0, 0.1) is 5.92 Å². The molecule has 0 spiro atoms. The first-order valence-corrected chi connectivity index (χ1v) is 13.9. The Labute approximate surface area is 222 Å². The van der Waals surface area contributed by atoms with Gasteiger partial charge in [0.2, 0.25) is 5.95 Å². The summed E-state index contributed by atoms with van der Waals surface area (Å²) in [4.78, 5) is 11.7. The standard InChI is InChI=1S/C30H43N5O2/c1-5-17-36-25-15-16-28(37-18-6-2)23(19-25)21-31-20-22-11-13-24(14-12-22)32-30-33-27-10-8-7-9-26(27)29(34-30)35(3)4/h7-10,15-16,19,22,24,31H,5-6,11-14,17-18,20-21H2,1-4H3,(H,32,33,34). The van der Waals surface area contributed by atoms with Gasteiger partial charge in [0.05, 0.1) is 18.7 Å². The molecular formula is C30H43N5O2. The van der Waals surface area contributed by atoms with Crippen molar-refractivity contribution in [1.82, 2.24) is 15.3 Å². The van der Waals surface area contributed by atoms with E-state index in [9.17, 15) is 0 Å². The fourth-order valence-electron chi connectivity index (χ4n) is 4.93. The quantitative estimate of drug-likeness (QED) is 0.294. The second kappa shape index (κ2) is 13.5. The smallest absolute Gasteiger partial charge is 0.225 e. The van der Waals surface area contributed by atoms with Gasteiger partial charge in [-0.15, -0.1) is 0 Å². The molecule has 1 saturated carbocycles. The number of fused-ring (bicyclic) bond motifs is 1. The lowest BCUT2D eigenvalue weighted by Gasteiger charge is -2.29. The normalized spacial score (nSPS) is 17.5. The van der Waals surface area contributed by atoms with Crippen molar-refractivity contribution >= 4 is 22.7 Å². The van der Waals surface area contributed by atoms with E-state index in [0.29, 0.717) is 12.0 Å². The molecule has 7 heteroatoms. The molecule has 1 aliphatic carbocycles. The highest BCUT2D eigenvalue weighted by molar-refractivity contribution is 5.90. The molecule has 1 fully saturated rings. The zero-order valence-electron chi connectivity index (χ0n) is 22.9. The SMILES string of the molecule is CCCOc1ccc(OCCC)c(CNCC2CCC(Nc3nc(N(C)C)c4ccccc4n3)CC2)c1. The average molecular weight is 506 g/mol. The van der Waals surface area contributed by atoms with E-state index in [1.165, 1.54) is 18.4 Å². The Morgan fingerprint density at radius 3 is 2.43 bits per heavy atom. The van der Waals surface area contributed by atoms with Crippen LogP contribution in [0.5, 0.6) is 11.5 Å². The summed E-state index contributed by atoms with van der Waals surface area (Å²) >= 11 is 0. The first kappa shape index (κ1) is 27.0. The van der Waals surface area contributed by atoms with E-state index >= 15 is 0 Å². The number of benzene rings is 2. The third kappa shape index (κ3) is 7.48. The van der Waals surface area contributed by atoms with E-state index in [2.05, 4.69) is 47.6 Å². The van der Waals surface area contributed by atoms with Crippen LogP contribution in [0.2, 0.25) is 0 Å². The van der Waals surface area contributed by atoms with Crippen molar-refractivity contribution in [2.45, 2.75) is 65.0 Å². The highest BCUT2D eigenvalue weighted by Gasteiger charge is 2.22. The lowest BCUT2D eigenvalue weighted by Crippen LogP contribution is -2.31. The van der Waals surface area contributed by atoms with Crippen LogP contribution in [0.15, 0.2) is 42.5 Å². The third-order valence-corrected chi connectivity index (χ3v) is 6.90. The lowest BCUT2D eigenvalue weighted by molar-refractivity contribution is 0.302. The van der Waals surface area contributed by atoms with Gasteiger partial charge >= 0.3 is 0 Å². The van der Waals surface area contributed by atoms with Gasteiger partial charge in [0.1, 0.15) is 17.3 Å². The van der Waals surface area contributed by atoms with Crippen molar-refractivity contribution in [1.29, 1.82) is 0 Å². The van der Waals surface area contributed by atoms with Crippen molar-refractivity contribution in [3.63, 3.8) is 0 Å². The highest BCUT2D eigenvalue weighted by Crippen LogP contribution is 2.29. The van der Waals surface area contributed by atoms with Crippen LogP contribution in [-0.4, -0.2) is 49.9 Å². The maximum atomic E-state index is 5.99. The molecule has 0 bridgehead atoms. The van der Waals surface area contributed by atoms with Crippen LogP contribution < -0.4 is 25.0 Å². The number of hydrogen-bond acceptors (Lipinski definition) is 7. The van der Waals surface area contributed by atoms with Gasteiger partial charge in [-0.05, 0) is 81.3 Å². The molecule has 7 nitrogen and oxygen atoms in total. The molecule has 0 atom stereocenters. The Bertz CT molecular complexity index is 1130. The molecule has 0 saturated heterocycles. The fraction of sp³-hybridized carbons (Fsp3) is 0.533. The molecule has 3 aromatic rings. The van der Waals surface area contributed by atoms with E-state index in [1.54, 1.807) is 0 Å². The minimum atomic E-state index is 0.411. The second-order valence-corrected chi connectivity index (χ2v) is 10.2. The zero-order chi connectivity index (χ0) is 26.0. The molecule has 2 N–H and O–H groups in total.